The molecule has 1 saturated carbocycles. The van der Waals surface area contributed by atoms with Gasteiger partial charge >= 0.3 is 0 Å². The zero-order valence-corrected chi connectivity index (χ0v) is 10.3. The Morgan fingerprint density at radius 2 is 2.22 bits per heavy atom. The lowest BCUT2D eigenvalue weighted by atomic mass is 10.1. The number of phenols is 1. The number of ether oxygens (including phenoxy) is 1. The van der Waals surface area contributed by atoms with Gasteiger partial charge in [-0.1, -0.05) is 0 Å². The summed E-state index contributed by atoms with van der Waals surface area (Å²) in [6.45, 7) is 0.523. The Labute approximate surface area is 105 Å². The number of carbonyl (C=O) groups is 1. The fourth-order valence-electron chi connectivity index (χ4n) is 1.76. The van der Waals surface area contributed by atoms with Crippen LogP contribution < -0.4 is 10.1 Å². The zero-order chi connectivity index (χ0) is 13.2. The predicted molar refractivity (Wildman–Crippen MR) is 65.7 cm³/mol. The number of aliphatic hydroxyl groups excluding tert-OH is 1. The standard InChI is InChI=1S/C13H17NO4/c1-18-9-2-3-10(11(16)6-9)12(17)14-7-13(8-15)4-5-13/h2-3,6,15-16H,4-5,7-8H2,1H3,(H,14,17). The van der Waals surface area contributed by atoms with Crippen LogP contribution in [0.25, 0.3) is 0 Å². The summed E-state index contributed by atoms with van der Waals surface area (Å²) >= 11 is 0. The topological polar surface area (TPSA) is 78.8 Å². The van der Waals surface area contributed by atoms with Crippen LogP contribution in [0.15, 0.2) is 18.2 Å². The van der Waals surface area contributed by atoms with Gasteiger partial charge in [-0.15, -0.1) is 0 Å². The number of benzene rings is 1. The van der Waals surface area contributed by atoms with Crippen molar-refractivity contribution in [3.05, 3.63) is 23.8 Å². The van der Waals surface area contributed by atoms with E-state index < -0.39 is 0 Å². The zero-order valence-electron chi connectivity index (χ0n) is 10.3. The van der Waals surface area contributed by atoms with Gasteiger partial charge in [0.25, 0.3) is 5.91 Å². The third-order valence-electron chi connectivity index (χ3n) is 3.37. The minimum atomic E-state index is -0.338. The van der Waals surface area contributed by atoms with E-state index in [2.05, 4.69) is 5.32 Å². The molecule has 1 amide bonds. The van der Waals surface area contributed by atoms with Gasteiger partial charge in [0.15, 0.2) is 0 Å². The second-order valence-electron chi connectivity index (χ2n) is 4.72. The molecule has 5 heteroatoms. The first-order valence-electron chi connectivity index (χ1n) is 5.86. The molecule has 0 aliphatic heterocycles. The lowest BCUT2D eigenvalue weighted by Crippen LogP contribution is -2.31. The van der Waals surface area contributed by atoms with Crippen molar-refractivity contribution >= 4 is 5.91 Å². The number of carbonyl (C=O) groups excluding carboxylic acids is 1. The van der Waals surface area contributed by atoms with Gasteiger partial charge in [-0.05, 0) is 25.0 Å². The van der Waals surface area contributed by atoms with Gasteiger partial charge in [-0.3, -0.25) is 4.79 Å². The molecule has 3 N–H and O–H groups in total. The van der Waals surface area contributed by atoms with Crippen LogP contribution in [0.1, 0.15) is 23.2 Å². The van der Waals surface area contributed by atoms with Crippen molar-refractivity contribution in [1.82, 2.24) is 5.32 Å². The molecule has 1 aromatic carbocycles. The normalized spacial score (nSPS) is 16.1. The second kappa shape index (κ2) is 4.86. The van der Waals surface area contributed by atoms with Crippen molar-refractivity contribution < 1.29 is 19.7 Å². The highest BCUT2D eigenvalue weighted by atomic mass is 16.5. The van der Waals surface area contributed by atoms with Gasteiger partial charge in [0.2, 0.25) is 0 Å². The smallest absolute Gasteiger partial charge is 0.255 e. The number of rotatable bonds is 5. The summed E-state index contributed by atoms with van der Waals surface area (Å²) in [7, 11) is 1.49. The molecule has 1 fully saturated rings. The summed E-state index contributed by atoms with van der Waals surface area (Å²) in [5, 5.41) is 21.6. The van der Waals surface area contributed by atoms with Crippen LogP contribution in [0.3, 0.4) is 0 Å². The molecule has 5 nitrogen and oxygen atoms in total. The Morgan fingerprint density at radius 1 is 1.50 bits per heavy atom. The maximum atomic E-state index is 11.9. The molecule has 1 aliphatic carbocycles. The van der Waals surface area contributed by atoms with Crippen molar-refractivity contribution in [2.75, 3.05) is 20.3 Å². The summed E-state index contributed by atoms with van der Waals surface area (Å²) in [5.74, 6) is 0.0497. The number of hydrogen-bond acceptors (Lipinski definition) is 4. The molecule has 0 unspecified atom stereocenters. The van der Waals surface area contributed by atoms with Gasteiger partial charge in [-0.2, -0.15) is 0 Å². The van der Waals surface area contributed by atoms with E-state index in [0.29, 0.717) is 12.3 Å². The van der Waals surface area contributed by atoms with E-state index in [-0.39, 0.29) is 29.2 Å². The van der Waals surface area contributed by atoms with Crippen LogP contribution >= 0.6 is 0 Å². The van der Waals surface area contributed by atoms with E-state index in [0.717, 1.165) is 12.8 Å². The van der Waals surface area contributed by atoms with Crippen molar-refractivity contribution in [1.29, 1.82) is 0 Å². The van der Waals surface area contributed by atoms with E-state index in [4.69, 9.17) is 9.84 Å². The number of phenolic OH excluding ortho intramolecular Hbond substituents is 1. The molecule has 0 atom stereocenters. The SMILES string of the molecule is COc1ccc(C(=O)NCC2(CO)CC2)c(O)c1. The third-order valence-corrected chi connectivity index (χ3v) is 3.37. The Morgan fingerprint density at radius 3 is 2.72 bits per heavy atom. The summed E-state index contributed by atoms with van der Waals surface area (Å²) in [6, 6.07) is 4.53. The molecule has 0 saturated heterocycles. The number of hydrogen-bond donors (Lipinski definition) is 3. The Balaban J connectivity index is 2.00. The molecule has 0 heterocycles. The van der Waals surface area contributed by atoms with Gasteiger partial charge in [0, 0.05) is 18.0 Å². The van der Waals surface area contributed by atoms with Gasteiger partial charge in [0.05, 0.1) is 19.3 Å². The van der Waals surface area contributed by atoms with Gasteiger partial charge in [0.1, 0.15) is 11.5 Å². The highest BCUT2D eigenvalue weighted by Gasteiger charge is 2.42. The molecule has 2 rings (SSSR count). The molecule has 0 aromatic heterocycles. The van der Waals surface area contributed by atoms with E-state index in [1.807, 2.05) is 0 Å². The quantitative estimate of drug-likeness (QED) is 0.726. The van der Waals surface area contributed by atoms with E-state index >= 15 is 0 Å². The van der Waals surface area contributed by atoms with Crippen LogP contribution in [-0.4, -0.2) is 36.4 Å². The Kier molecular flexibility index (Phi) is 3.43. The molecule has 1 aromatic rings. The monoisotopic (exact) mass is 251 g/mol. The summed E-state index contributed by atoms with van der Waals surface area (Å²) in [6.07, 6.45) is 1.86. The van der Waals surface area contributed by atoms with E-state index in [9.17, 15) is 9.90 Å². The number of aliphatic hydroxyl groups is 1. The molecule has 1 aliphatic rings. The summed E-state index contributed by atoms with van der Waals surface area (Å²) in [4.78, 5) is 11.9. The fourth-order valence-corrected chi connectivity index (χ4v) is 1.76. The van der Waals surface area contributed by atoms with Crippen LogP contribution in [-0.2, 0) is 0 Å². The summed E-state index contributed by atoms with van der Waals surface area (Å²) in [5.41, 5.74) is 0.0714. The first-order chi connectivity index (χ1) is 8.60. The molecular weight excluding hydrogens is 234 g/mol. The van der Waals surface area contributed by atoms with E-state index in [1.54, 1.807) is 6.07 Å². The summed E-state index contributed by atoms with van der Waals surface area (Å²) < 4.78 is 4.95. The molecule has 0 bridgehead atoms. The number of amides is 1. The fraction of sp³-hybridized carbons (Fsp3) is 0.462. The van der Waals surface area contributed by atoms with Crippen molar-refractivity contribution in [3.63, 3.8) is 0 Å². The van der Waals surface area contributed by atoms with Crippen LogP contribution in [0, 0.1) is 5.41 Å². The maximum Gasteiger partial charge on any atom is 0.255 e. The van der Waals surface area contributed by atoms with Gasteiger partial charge in [-0.25, -0.2) is 0 Å². The van der Waals surface area contributed by atoms with Crippen molar-refractivity contribution in [3.8, 4) is 11.5 Å². The molecule has 98 valence electrons. The Bertz CT molecular complexity index is 454. The van der Waals surface area contributed by atoms with Crippen LogP contribution in [0.4, 0.5) is 0 Å². The lowest BCUT2D eigenvalue weighted by Gasteiger charge is -2.13. The lowest BCUT2D eigenvalue weighted by molar-refractivity contribution is 0.0932. The van der Waals surface area contributed by atoms with Crippen molar-refractivity contribution in [2.45, 2.75) is 12.8 Å². The van der Waals surface area contributed by atoms with Gasteiger partial charge < -0.3 is 20.3 Å². The number of methoxy groups -OCH3 is 1. The van der Waals surface area contributed by atoms with Crippen LogP contribution in [0.2, 0.25) is 0 Å². The predicted octanol–water partition coefficient (Wildman–Crippen LogP) is 0.903. The second-order valence-corrected chi connectivity index (χ2v) is 4.72. The highest BCUT2D eigenvalue weighted by Crippen LogP contribution is 2.44. The highest BCUT2D eigenvalue weighted by molar-refractivity contribution is 5.97. The number of aromatic hydroxyl groups is 1. The first-order valence-corrected chi connectivity index (χ1v) is 5.86. The largest absolute Gasteiger partial charge is 0.507 e. The first kappa shape index (κ1) is 12.7. The minimum Gasteiger partial charge on any atom is -0.507 e. The minimum absolute atomic E-state index is 0.0852. The van der Waals surface area contributed by atoms with Crippen molar-refractivity contribution in [2.24, 2.45) is 5.41 Å². The van der Waals surface area contributed by atoms with E-state index in [1.165, 1.54) is 19.2 Å². The molecule has 18 heavy (non-hydrogen) atoms. The average Bonchev–Trinajstić information content (AvgIpc) is 3.16. The maximum absolute atomic E-state index is 11.9. The number of nitrogens with one attached hydrogen (secondary N) is 1. The third kappa shape index (κ3) is 2.56. The molecule has 0 radical (unpaired) electrons. The van der Waals surface area contributed by atoms with Crippen LogP contribution in [0.5, 0.6) is 11.5 Å². The average molecular weight is 251 g/mol. The Hall–Kier alpha value is -1.75. The molecule has 0 spiro atoms. The molecular formula is C13H17NO4.